The number of hydrogen-bond donors (Lipinski definition) is 2. The molecule has 0 aliphatic carbocycles. The third-order valence-corrected chi connectivity index (χ3v) is 5.53. The Balaban J connectivity index is 1.79. The summed E-state index contributed by atoms with van der Waals surface area (Å²) < 4.78 is 40.6. The van der Waals surface area contributed by atoms with Crippen LogP contribution in [0.15, 0.2) is 47.4 Å². The largest absolute Gasteiger partial charge is 0.351 e. The molecule has 1 aliphatic heterocycles. The number of aryl methyl sites for hydroxylation is 1. The number of rotatable bonds is 4. The summed E-state index contributed by atoms with van der Waals surface area (Å²) in [6.45, 7) is 2.03. The highest BCUT2D eigenvalue weighted by Crippen LogP contribution is 2.24. The van der Waals surface area contributed by atoms with Crippen molar-refractivity contribution >= 4 is 15.9 Å². The lowest BCUT2D eigenvalue weighted by atomic mass is 9.91. The van der Waals surface area contributed by atoms with Gasteiger partial charge in [-0.05, 0) is 42.3 Å². The number of carbonyl (C=O) groups is 1. The Hall–Kier alpha value is -2.25. The normalized spacial score (nSPS) is 17.2. The zero-order chi connectivity index (χ0) is 17.3. The number of nitrogens with one attached hydrogen (secondary N) is 2. The van der Waals surface area contributed by atoms with Crippen LogP contribution in [0.4, 0.5) is 4.39 Å². The summed E-state index contributed by atoms with van der Waals surface area (Å²) in [7, 11) is -3.74. The van der Waals surface area contributed by atoms with Gasteiger partial charge in [-0.15, -0.1) is 0 Å². The van der Waals surface area contributed by atoms with Crippen LogP contribution < -0.4 is 10.0 Å². The van der Waals surface area contributed by atoms with Crippen molar-refractivity contribution in [3.05, 3.63) is 65.0 Å². The Morgan fingerprint density at radius 1 is 1.25 bits per heavy atom. The van der Waals surface area contributed by atoms with Crippen LogP contribution in [-0.4, -0.2) is 27.4 Å². The van der Waals surface area contributed by atoms with Crippen LogP contribution in [0.5, 0.6) is 0 Å². The molecule has 0 radical (unpaired) electrons. The number of sulfonamides is 1. The molecule has 2 aromatic rings. The summed E-state index contributed by atoms with van der Waals surface area (Å²) in [6, 6.07) is 10.8. The van der Waals surface area contributed by atoms with Gasteiger partial charge in [0.15, 0.2) is 0 Å². The average molecular weight is 348 g/mol. The van der Waals surface area contributed by atoms with E-state index in [0.717, 1.165) is 11.6 Å². The second-order valence-corrected chi connectivity index (χ2v) is 7.52. The first-order valence-corrected chi connectivity index (χ1v) is 9.00. The monoisotopic (exact) mass is 348 g/mol. The molecule has 1 atom stereocenters. The topological polar surface area (TPSA) is 75.3 Å². The molecule has 2 N–H and O–H groups in total. The van der Waals surface area contributed by atoms with Crippen molar-refractivity contribution in [3.63, 3.8) is 0 Å². The molecule has 0 spiro atoms. The average Bonchev–Trinajstić information content (AvgIpc) is 2.57. The zero-order valence-corrected chi connectivity index (χ0v) is 13.9. The van der Waals surface area contributed by atoms with Crippen molar-refractivity contribution in [2.45, 2.75) is 17.7 Å². The molecule has 3 rings (SSSR count). The molecule has 1 heterocycles. The van der Waals surface area contributed by atoms with E-state index in [2.05, 4.69) is 10.0 Å². The Kier molecular flexibility index (Phi) is 4.38. The van der Waals surface area contributed by atoms with Gasteiger partial charge in [-0.2, -0.15) is 0 Å². The molecule has 5 nitrogen and oxygen atoms in total. The van der Waals surface area contributed by atoms with Gasteiger partial charge in [0.05, 0.1) is 4.90 Å². The third kappa shape index (κ3) is 3.18. The van der Waals surface area contributed by atoms with E-state index in [-0.39, 0.29) is 28.8 Å². The first-order chi connectivity index (χ1) is 11.4. The fourth-order valence-electron chi connectivity index (χ4n) is 2.74. The maximum atomic E-state index is 13.3. The second-order valence-electron chi connectivity index (χ2n) is 5.76. The lowest BCUT2D eigenvalue weighted by Gasteiger charge is -2.25. The third-order valence-electron chi connectivity index (χ3n) is 4.11. The zero-order valence-electron chi connectivity index (χ0n) is 13.0. The fourth-order valence-corrected chi connectivity index (χ4v) is 3.91. The number of amides is 1. The molecule has 0 saturated heterocycles. The van der Waals surface area contributed by atoms with Gasteiger partial charge >= 0.3 is 0 Å². The smallest absolute Gasteiger partial charge is 0.251 e. The van der Waals surface area contributed by atoms with E-state index < -0.39 is 15.8 Å². The number of hydrogen-bond acceptors (Lipinski definition) is 3. The van der Waals surface area contributed by atoms with Crippen LogP contribution in [0.2, 0.25) is 0 Å². The first-order valence-electron chi connectivity index (χ1n) is 7.51. The highest BCUT2D eigenvalue weighted by Gasteiger charge is 2.26. The molecule has 7 heteroatoms. The van der Waals surface area contributed by atoms with Crippen molar-refractivity contribution in [1.82, 2.24) is 10.0 Å². The van der Waals surface area contributed by atoms with Gasteiger partial charge in [-0.25, -0.2) is 17.5 Å². The van der Waals surface area contributed by atoms with E-state index in [1.165, 1.54) is 19.1 Å². The van der Waals surface area contributed by atoms with Crippen LogP contribution in [0.1, 0.15) is 27.4 Å². The molecule has 0 bridgehead atoms. The van der Waals surface area contributed by atoms with E-state index in [1.807, 2.05) is 12.1 Å². The summed E-state index contributed by atoms with van der Waals surface area (Å²) in [4.78, 5) is 11.9. The predicted octanol–water partition coefficient (Wildman–Crippen LogP) is 1.94. The van der Waals surface area contributed by atoms with E-state index >= 15 is 0 Å². The molecule has 1 unspecified atom stereocenters. The van der Waals surface area contributed by atoms with E-state index in [1.54, 1.807) is 12.1 Å². The summed E-state index contributed by atoms with van der Waals surface area (Å²) in [6.07, 6.45) is 0. The molecule has 1 aliphatic rings. The molecular weight excluding hydrogens is 331 g/mol. The Bertz CT molecular complexity index is 896. The van der Waals surface area contributed by atoms with Gasteiger partial charge in [0.2, 0.25) is 10.0 Å². The van der Waals surface area contributed by atoms with Gasteiger partial charge in [0, 0.05) is 24.6 Å². The summed E-state index contributed by atoms with van der Waals surface area (Å²) in [5.74, 6) is -0.757. The Morgan fingerprint density at radius 2 is 2.00 bits per heavy atom. The number of halogens is 1. The Labute approximate surface area is 139 Å². The summed E-state index contributed by atoms with van der Waals surface area (Å²) in [5.41, 5.74) is 1.65. The van der Waals surface area contributed by atoms with Crippen molar-refractivity contribution in [1.29, 1.82) is 0 Å². The highest BCUT2D eigenvalue weighted by molar-refractivity contribution is 7.89. The second kappa shape index (κ2) is 6.33. The molecule has 2 aromatic carbocycles. The van der Waals surface area contributed by atoms with Crippen LogP contribution >= 0.6 is 0 Å². The minimum Gasteiger partial charge on any atom is -0.351 e. The summed E-state index contributed by atoms with van der Waals surface area (Å²) >= 11 is 0. The van der Waals surface area contributed by atoms with Crippen LogP contribution in [0.3, 0.4) is 0 Å². The molecule has 24 heavy (non-hydrogen) atoms. The standard InChI is InChI=1S/C17H17FN2O3S/c1-11-8-13(6-7-16(11)18)24(22,23)20-10-12-9-19-17(21)15-5-3-2-4-14(12)15/h2-8,12,20H,9-10H2,1H3,(H,19,21). The van der Waals surface area contributed by atoms with Gasteiger partial charge < -0.3 is 5.32 Å². The Morgan fingerprint density at radius 3 is 2.75 bits per heavy atom. The van der Waals surface area contributed by atoms with Crippen LogP contribution in [0, 0.1) is 12.7 Å². The molecule has 0 fully saturated rings. The molecular formula is C17H17FN2O3S. The van der Waals surface area contributed by atoms with E-state index in [0.29, 0.717) is 12.1 Å². The highest BCUT2D eigenvalue weighted by atomic mass is 32.2. The van der Waals surface area contributed by atoms with Crippen molar-refractivity contribution in [3.8, 4) is 0 Å². The number of fused-ring (bicyclic) bond motifs is 1. The maximum Gasteiger partial charge on any atom is 0.251 e. The summed E-state index contributed by atoms with van der Waals surface area (Å²) in [5, 5.41) is 2.76. The van der Waals surface area contributed by atoms with Crippen molar-refractivity contribution in [2.75, 3.05) is 13.1 Å². The van der Waals surface area contributed by atoms with E-state index in [9.17, 15) is 17.6 Å². The SMILES string of the molecule is Cc1cc(S(=O)(=O)NCC2CNC(=O)c3ccccc32)ccc1F. The molecule has 0 aromatic heterocycles. The van der Waals surface area contributed by atoms with Gasteiger partial charge in [-0.1, -0.05) is 18.2 Å². The maximum absolute atomic E-state index is 13.3. The quantitative estimate of drug-likeness (QED) is 0.887. The van der Waals surface area contributed by atoms with Crippen molar-refractivity contribution in [2.24, 2.45) is 0 Å². The predicted molar refractivity (Wildman–Crippen MR) is 87.8 cm³/mol. The van der Waals surface area contributed by atoms with Crippen LogP contribution in [0.25, 0.3) is 0 Å². The number of benzene rings is 2. The lowest BCUT2D eigenvalue weighted by molar-refractivity contribution is 0.0940. The molecule has 1 amide bonds. The molecule has 0 saturated carbocycles. The van der Waals surface area contributed by atoms with Gasteiger partial charge in [0.1, 0.15) is 5.82 Å². The van der Waals surface area contributed by atoms with Gasteiger partial charge in [-0.3, -0.25) is 4.79 Å². The minimum atomic E-state index is -3.74. The minimum absolute atomic E-state index is 0.0227. The molecule has 126 valence electrons. The van der Waals surface area contributed by atoms with E-state index in [4.69, 9.17) is 0 Å². The van der Waals surface area contributed by atoms with Gasteiger partial charge in [0.25, 0.3) is 5.91 Å². The lowest BCUT2D eigenvalue weighted by Crippen LogP contribution is -2.40. The van der Waals surface area contributed by atoms with Crippen LogP contribution in [-0.2, 0) is 10.0 Å². The first kappa shape index (κ1) is 16.6. The van der Waals surface area contributed by atoms with Crippen molar-refractivity contribution < 1.29 is 17.6 Å². The number of carbonyl (C=O) groups excluding carboxylic acids is 1. The fraction of sp³-hybridized carbons (Fsp3) is 0.235.